The maximum atomic E-state index is 12.1. The Labute approximate surface area is 160 Å². The number of ether oxygens (including phenoxy) is 1. The highest BCUT2D eigenvalue weighted by Gasteiger charge is 2.06. The Kier molecular flexibility index (Phi) is 7.82. The molecule has 0 radical (unpaired) electrons. The van der Waals surface area contributed by atoms with Crippen LogP contribution in [0.5, 0.6) is 0 Å². The lowest BCUT2D eigenvalue weighted by atomic mass is 10.1. The first-order valence-corrected chi connectivity index (χ1v) is 8.97. The number of methoxy groups -OCH3 is 1. The van der Waals surface area contributed by atoms with E-state index in [0.717, 1.165) is 28.9 Å². The predicted octanol–water partition coefficient (Wildman–Crippen LogP) is 3.12. The molecule has 27 heavy (non-hydrogen) atoms. The first kappa shape index (κ1) is 20.5. The number of rotatable bonds is 9. The van der Waals surface area contributed by atoms with Crippen molar-refractivity contribution in [3.8, 4) is 0 Å². The number of carbonyl (C=O) groups excluding carboxylic acids is 2. The summed E-state index contributed by atoms with van der Waals surface area (Å²) in [5.74, 6) is -0.245. The minimum atomic E-state index is -0.125. The Bertz CT molecular complexity index is 752. The lowest BCUT2D eigenvalue weighted by Crippen LogP contribution is -2.25. The van der Waals surface area contributed by atoms with Crippen molar-refractivity contribution in [3.63, 3.8) is 0 Å². The number of amides is 2. The van der Waals surface area contributed by atoms with Crippen molar-refractivity contribution < 1.29 is 14.3 Å². The zero-order chi connectivity index (χ0) is 19.6. The van der Waals surface area contributed by atoms with Crippen LogP contribution in [0.3, 0.4) is 0 Å². The Morgan fingerprint density at radius 2 is 1.63 bits per heavy atom. The molecule has 6 heteroatoms. The molecule has 0 aliphatic heterocycles. The van der Waals surface area contributed by atoms with Gasteiger partial charge < -0.3 is 20.7 Å². The monoisotopic (exact) mass is 369 g/mol. The molecule has 0 atom stereocenters. The van der Waals surface area contributed by atoms with Crippen LogP contribution in [0.25, 0.3) is 0 Å². The fourth-order valence-corrected chi connectivity index (χ4v) is 2.69. The van der Waals surface area contributed by atoms with Crippen LogP contribution in [0.2, 0.25) is 0 Å². The van der Waals surface area contributed by atoms with Crippen LogP contribution in [0, 0.1) is 13.8 Å². The quantitative estimate of drug-likeness (QED) is 0.594. The number of carbonyl (C=O) groups is 2. The molecule has 2 amide bonds. The standard InChI is InChI=1S/C21H27N3O3/c1-15-11-16(2)13-19(12-15)24-20(25)14-23-18-7-5-17(6-8-18)21(26)22-9-4-10-27-3/h5-8,11-13,23H,4,9-10,14H2,1-3H3,(H,22,26)(H,24,25). The maximum absolute atomic E-state index is 12.1. The summed E-state index contributed by atoms with van der Waals surface area (Å²) in [6, 6.07) is 13.0. The Balaban J connectivity index is 1.80. The van der Waals surface area contributed by atoms with E-state index < -0.39 is 0 Å². The normalized spacial score (nSPS) is 10.3. The highest BCUT2D eigenvalue weighted by molar-refractivity contribution is 5.95. The van der Waals surface area contributed by atoms with E-state index in [1.807, 2.05) is 26.0 Å². The largest absolute Gasteiger partial charge is 0.385 e. The number of hydrogen-bond acceptors (Lipinski definition) is 4. The molecule has 0 heterocycles. The van der Waals surface area contributed by atoms with Crippen molar-refractivity contribution in [1.82, 2.24) is 5.32 Å². The van der Waals surface area contributed by atoms with E-state index in [1.54, 1.807) is 31.4 Å². The zero-order valence-corrected chi connectivity index (χ0v) is 16.1. The van der Waals surface area contributed by atoms with Crippen LogP contribution in [-0.2, 0) is 9.53 Å². The molecule has 0 aromatic heterocycles. The van der Waals surface area contributed by atoms with Crippen molar-refractivity contribution in [3.05, 3.63) is 59.2 Å². The molecule has 0 saturated carbocycles. The van der Waals surface area contributed by atoms with E-state index in [1.165, 1.54) is 0 Å². The summed E-state index contributed by atoms with van der Waals surface area (Å²) >= 11 is 0. The second-order valence-electron chi connectivity index (χ2n) is 6.46. The van der Waals surface area contributed by atoms with Gasteiger partial charge in [-0.2, -0.15) is 0 Å². The number of benzene rings is 2. The van der Waals surface area contributed by atoms with Crippen molar-refractivity contribution in [1.29, 1.82) is 0 Å². The lowest BCUT2D eigenvalue weighted by Gasteiger charge is -2.10. The van der Waals surface area contributed by atoms with Crippen molar-refractivity contribution in [2.45, 2.75) is 20.3 Å². The van der Waals surface area contributed by atoms with Crippen molar-refractivity contribution in [2.24, 2.45) is 0 Å². The zero-order valence-electron chi connectivity index (χ0n) is 16.1. The van der Waals surface area contributed by atoms with Gasteiger partial charge in [-0.25, -0.2) is 0 Å². The van der Waals surface area contributed by atoms with E-state index >= 15 is 0 Å². The summed E-state index contributed by atoms with van der Waals surface area (Å²) < 4.78 is 4.95. The van der Waals surface area contributed by atoms with Crippen LogP contribution in [0.4, 0.5) is 11.4 Å². The minimum absolute atomic E-state index is 0.120. The molecule has 0 bridgehead atoms. The maximum Gasteiger partial charge on any atom is 0.251 e. The second-order valence-corrected chi connectivity index (χ2v) is 6.46. The van der Waals surface area contributed by atoms with Gasteiger partial charge in [0, 0.05) is 37.2 Å². The summed E-state index contributed by atoms with van der Waals surface area (Å²) in [6.45, 7) is 5.33. The Morgan fingerprint density at radius 1 is 0.963 bits per heavy atom. The van der Waals surface area contributed by atoms with Gasteiger partial charge in [0.05, 0.1) is 6.54 Å². The van der Waals surface area contributed by atoms with Gasteiger partial charge in [-0.1, -0.05) is 6.07 Å². The van der Waals surface area contributed by atoms with E-state index in [0.29, 0.717) is 18.7 Å². The number of anilines is 2. The molecule has 2 aromatic rings. The number of aryl methyl sites for hydroxylation is 2. The van der Waals surface area contributed by atoms with E-state index in [2.05, 4.69) is 22.0 Å². The SMILES string of the molecule is COCCCNC(=O)c1ccc(NCC(=O)Nc2cc(C)cc(C)c2)cc1. The third-order valence-electron chi connectivity index (χ3n) is 3.92. The fraction of sp³-hybridized carbons (Fsp3) is 0.333. The van der Waals surface area contributed by atoms with Gasteiger partial charge in [-0.05, 0) is 67.8 Å². The van der Waals surface area contributed by atoms with Crippen LogP contribution in [-0.4, -0.2) is 38.6 Å². The van der Waals surface area contributed by atoms with Gasteiger partial charge in [0.1, 0.15) is 0 Å². The topological polar surface area (TPSA) is 79.5 Å². The smallest absolute Gasteiger partial charge is 0.251 e. The Morgan fingerprint density at radius 3 is 2.26 bits per heavy atom. The van der Waals surface area contributed by atoms with Gasteiger partial charge in [-0.15, -0.1) is 0 Å². The molecule has 0 aliphatic rings. The molecule has 144 valence electrons. The molecule has 0 fully saturated rings. The van der Waals surface area contributed by atoms with E-state index in [4.69, 9.17) is 4.74 Å². The minimum Gasteiger partial charge on any atom is -0.385 e. The summed E-state index contributed by atoms with van der Waals surface area (Å²) in [4.78, 5) is 24.1. The van der Waals surface area contributed by atoms with Crippen LogP contribution in [0.1, 0.15) is 27.9 Å². The first-order valence-electron chi connectivity index (χ1n) is 8.97. The number of nitrogens with one attached hydrogen (secondary N) is 3. The molecule has 2 rings (SSSR count). The summed E-state index contributed by atoms with van der Waals surface area (Å²) in [6.07, 6.45) is 0.775. The van der Waals surface area contributed by atoms with Gasteiger partial charge in [-0.3, -0.25) is 9.59 Å². The molecule has 0 unspecified atom stereocenters. The third kappa shape index (κ3) is 7.11. The summed E-state index contributed by atoms with van der Waals surface area (Å²) in [5, 5.41) is 8.78. The lowest BCUT2D eigenvalue weighted by molar-refractivity contribution is -0.114. The molecule has 0 aliphatic carbocycles. The Hall–Kier alpha value is -2.86. The molecule has 0 saturated heterocycles. The van der Waals surface area contributed by atoms with Gasteiger partial charge in [0.2, 0.25) is 5.91 Å². The average Bonchev–Trinajstić information content (AvgIpc) is 2.63. The van der Waals surface area contributed by atoms with Gasteiger partial charge >= 0.3 is 0 Å². The molecule has 2 aromatic carbocycles. The highest BCUT2D eigenvalue weighted by atomic mass is 16.5. The van der Waals surface area contributed by atoms with Crippen molar-refractivity contribution >= 4 is 23.2 Å². The molecule has 0 spiro atoms. The molecular formula is C21H27N3O3. The van der Waals surface area contributed by atoms with Crippen LogP contribution in [0.15, 0.2) is 42.5 Å². The highest BCUT2D eigenvalue weighted by Crippen LogP contribution is 2.14. The van der Waals surface area contributed by atoms with Gasteiger partial charge in [0.15, 0.2) is 0 Å². The summed E-state index contributed by atoms with van der Waals surface area (Å²) in [5.41, 5.74) is 4.36. The van der Waals surface area contributed by atoms with Crippen molar-refractivity contribution in [2.75, 3.05) is 37.4 Å². The van der Waals surface area contributed by atoms with E-state index in [9.17, 15) is 9.59 Å². The van der Waals surface area contributed by atoms with Crippen LogP contribution >= 0.6 is 0 Å². The first-order chi connectivity index (χ1) is 13.0. The summed E-state index contributed by atoms with van der Waals surface area (Å²) in [7, 11) is 1.63. The van der Waals surface area contributed by atoms with E-state index in [-0.39, 0.29) is 18.4 Å². The van der Waals surface area contributed by atoms with Crippen LogP contribution < -0.4 is 16.0 Å². The third-order valence-corrected chi connectivity index (χ3v) is 3.92. The predicted molar refractivity (Wildman–Crippen MR) is 108 cm³/mol. The fourth-order valence-electron chi connectivity index (χ4n) is 2.69. The molecule has 6 nitrogen and oxygen atoms in total. The molecule has 3 N–H and O–H groups in total. The molecular weight excluding hydrogens is 342 g/mol. The van der Waals surface area contributed by atoms with Gasteiger partial charge in [0.25, 0.3) is 5.91 Å². The average molecular weight is 369 g/mol. The number of hydrogen-bond donors (Lipinski definition) is 3. The second kappa shape index (κ2) is 10.3.